The summed E-state index contributed by atoms with van der Waals surface area (Å²) in [7, 11) is 1.93. The molecule has 0 unspecified atom stereocenters. The van der Waals surface area contributed by atoms with Crippen molar-refractivity contribution in [2.24, 2.45) is 7.05 Å². The van der Waals surface area contributed by atoms with Gasteiger partial charge in [-0.25, -0.2) is 15.0 Å². The predicted molar refractivity (Wildman–Crippen MR) is 107 cm³/mol. The third-order valence-corrected chi connectivity index (χ3v) is 5.22. The summed E-state index contributed by atoms with van der Waals surface area (Å²) in [5.41, 5.74) is 4.62. The zero-order valence-corrected chi connectivity index (χ0v) is 16.4. The number of nitrogens with one attached hydrogen (secondary N) is 1. The van der Waals surface area contributed by atoms with E-state index in [4.69, 9.17) is 11.6 Å². The van der Waals surface area contributed by atoms with Crippen molar-refractivity contribution >= 4 is 23.3 Å². The molecule has 28 heavy (non-hydrogen) atoms. The van der Waals surface area contributed by atoms with Crippen molar-refractivity contribution in [1.29, 1.82) is 0 Å². The van der Waals surface area contributed by atoms with Crippen LogP contribution in [0, 0.1) is 0 Å². The number of aryl methyl sites for hydroxylation is 2. The third-order valence-electron chi connectivity index (χ3n) is 4.96. The van der Waals surface area contributed by atoms with Gasteiger partial charge in [-0.15, -0.1) is 0 Å². The van der Waals surface area contributed by atoms with E-state index in [2.05, 4.69) is 43.4 Å². The number of aromatic nitrogens is 4. The van der Waals surface area contributed by atoms with Crippen LogP contribution < -0.4 is 10.2 Å². The first-order valence-corrected chi connectivity index (χ1v) is 9.51. The molecule has 2 aromatic heterocycles. The second kappa shape index (κ2) is 7.98. The molecule has 0 aliphatic carbocycles. The Hall–Kier alpha value is -2.93. The fraction of sp³-hybridized carbons (Fsp3) is 0.300. The molecule has 4 rings (SSSR count). The van der Waals surface area contributed by atoms with Crippen LogP contribution in [-0.4, -0.2) is 25.4 Å². The minimum atomic E-state index is 0.0380. The first-order chi connectivity index (χ1) is 13.6. The van der Waals surface area contributed by atoms with Crippen LogP contribution in [0.15, 0.2) is 43.2 Å². The summed E-state index contributed by atoms with van der Waals surface area (Å²) in [5, 5.41) is 3.55. The van der Waals surface area contributed by atoms with Crippen LogP contribution >= 0.6 is 11.6 Å². The van der Waals surface area contributed by atoms with Crippen molar-refractivity contribution in [1.82, 2.24) is 24.8 Å². The molecule has 0 radical (unpaired) electrons. The quantitative estimate of drug-likeness (QED) is 0.693. The lowest BCUT2D eigenvalue weighted by Crippen LogP contribution is -2.23. The molecule has 1 aliphatic rings. The van der Waals surface area contributed by atoms with Crippen LogP contribution in [0.25, 0.3) is 0 Å². The standard InChI is InChI=1S/C20H21ClN6O/c1-26-13-23-8-17(26)4-5-19(28)24-7-14-2-3-15-10-27(11-16(15)6-14)20-18(21)9-22-12-25-20/h2-3,6,8-9,12-13H,4-5,7,10-11H2,1H3,(H,24,28). The van der Waals surface area contributed by atoms with Gasteiger partial charge < -0.3 is 14.8 Å². The number of amides is 1. The largest absolute Gasteiger partial charge is 0.352 e. The van der Waals surface area contributed by atoms with Crippen molar-refractivity contribution in [3.05, 3.63) is 70.7 Å². The maximum Gasteiger partial charge on any atom is 0.220 e. The zero-order valence-electron chi connectivity index (χ0n) is 15.6. The van der Waals surface area contributed by atoms with Gasteiger partial charge in [0, 0.05) is 45.0 Å². The van der Waals surface area contributed by atoms with Gasteiger partial charge in [0.25, 0.3) is 0 Å². The molecule has 1 aliphatic heterocycles. The van der Waals surface area contributed by atoms with Gasteiger partial charge in [0.15, 0.2) is 5.82 Å². The van der Waals surface area contributed by atoms with Crippen LogP contribution in [0.5, 0.6) is 0 Å². The van der Waals surface area contributed by atoms with Crippen molar-refractivity contribution in [2.45, 2.75) is 32.5 Å². The molecule has 0 atom stereocenters. The molecular formula is C20H21ClN6O. The van der Waals surface area contributed by atoms with Crippen LogP contribution in [0.3, 0.4) is 0 Å². The number of halogens is 1. The van der Waals surface area contributed by atoms with Gasteiger partial charge in [-0.05, 0) is 23.1 Å². The van der Waals surface area contributed by atoms with Gasteiger partial charge in [-0.3, -0.25) is 4.79 Å². The maximum absolute atomic E-state index is 12.2. The average molecular weight is 397 g/mol. The molecular weight excluding hydrogens is 376 g/mol. The summed E-state index contributed by atoms with van der Waals surface area (Å²) in [6.45, 7) is 2.03. The van der Waals surface area contributed by atoms with Gasteiger partial charge in [-0.1, -0.05) is 29.8 Å². The number of hydrogen-bond acceptors (Lipinski definition) is 5. The molecule has 7 nitrogen and oxygen atoms in total. The van der Waals surface area contributed by atoms with E-state index >= 15 is 0 Å². The van der Waals surface area contributed by atoms with Gasteiger partial charge >= 0.3 is 0 Å². The number of benzene rings is 1. The number of nitrogens with zero attached hydrogens (tertiary/aromatic N) is 5. The molecule has 3 heterocycles. The van der Waals surface area contributed by atoms with Crippen LogP contribution in [0.2, 0.25) is 5.02 Å². The normalized spacial score (nSPS) is 12.9. The third kappa shape index (κ3) is 3.99. The summed E-state index contributed by atoms with van der Waals surface area (Å²) >= 11 is 6.22. The van der Waals surface area contributed by atoms with Crippen LogP contribution in [0.4, 0.5) is 5.82 Å². The fourth-order valence-electron chi connectivity index (χ4n) is 3.40. The van der Waals surface area contributed by atoms with E-state index in [0.29, 0.717) is 24.4 Å². The second-order valence-corrected chi connectivity index (χ2v) is 7.33. The Labute approximate surface area is 168 Å². The van der Waals surface area contributed by atoms with E-state index in [1.807, 2.05) is 11.6 Å². The van der Waals surface area contributed by atoms with E-state index in [1.54, 1.807) is 18.7 Å². The number of fused-ring (bicyclic) bond motifs is 1. The number of rotatable bonds is 6. The predicted octanol–water partition coefficient (Wildman–Crippen LogP) is 2.63. The average Bonchev–Trinajstić information content (AvgIpc) is 3.30. The monoisotopic (exact) mass is 396 g/mol. The van der Waals surface area contributed by atoms with E-state index in [1.165, 1.54) is 17.5 Å². The highest BCUT2D eigenvalue weighted by molar-refractivity contribution is 6.32. The second-order valence-electron chi connectivity index (χ2n) is 6.93. The fourth-order valence-corrected chi connectivity index (χ4v) is 3.63. The van der Waals surface area contributed by atoms with Gasteiger partial charge in [0.1, 0.15) is 11.3 Å². The number of carbonyl (C=O) groups is 1. The lowest BCUT2D eigenvalue weighted by Gasteiger charge is -2.16. The summed E-state index contributed by atoms with van der Waals surface area (Å²) < 4.78 is 1.93. The molecule has 1 N–H and O–H groups in total. The summed E-state index contributed by atoms with van der Waals surface area (Å²) in [4.78, 5) is 26.6. The highest BCUT2D eigenvalue weighted by atomic mass is 35.5. The Morgan fingerprint density at radius 1 is 1.21 bits per heavy atom. The first-order valence-electron chi connectivity index (χ1n) is 9.13. The lowest BCUT2D eigenvalue weighted by atomic mass is 10.1. The topological polar surface area (TPSA) is 75.9 Å². The SMILES string of the molecule is Cn1cncc1CCC(=O)NCc1ccc2c(c1)CN(c1ncncc1Cl)C2. The minimum absolute atomic E-state index is 0.0380. The number of carbonyl (C=O) groups excluding carboxylic acids is 1. The van der Waals surface area contributed by atoms with Crippen LogP contribution in [-0.2, 0) is 37.9 Å². The lowest BCUT2D eigenvalue weighted by molar-refractivity contribution is -0.121. The molecule has 144 valence electrons. The molecule has 0 bridgehead atoms. The number of anilines is 1. The van der Waals surface area contributed by atoms with E-state index in [-0.39, 0.29) is 5.91 Å². The smallest absolute Gasteiger partial charge is 0.220 e. The Morgan fingerprint density at radius 2 is 2.07 bits per heavy atom. The van der Waals surface area contributed by atoms with E-state index < -0.39 is 0 Å². The van der Waals surface area contributed by atoms with E-state index in [9.17, 15) is 4.79 Å². The van der Waals surface area contributed by atoms with Gasteiger partial charge in [0.2, 0.25) is 5.91 Å². The molecule has 1 amide bonds. The maximum atomic E-state index is 12.2. The summed E-state index contributed by atoms with van der Waals surface area (Å²) in [6.07, 6.45) is 7.79. The Morgan fingerprint density at radius 3 is 2.86 bits per heavy atom. The Balaban J connectivity index is 1.33. The molecule has 0 fully saturated rings. The summed E-state index contributed by atoms with van der Waals surface area (Å²) in [6, 6.07) is 6.32. The van der Waals surface area contributed by atoms with Crippen molar-refractivity contribution < 1.29 is 4.79 Å². The van der Waals surface area contributed by atoms with Crippen molar-refractivity contribution in [3.8, 4) is 0 Å². The van der Waals surface area contributed by atoms with Gasteiger partial charge in [-0.2, -0.15) is 0 Å². The molecule has 8 heteroatoms. The molecule has 1 aromatic carbocycles. The van der Waals surface area contributed by atoms with Crippen molar-refractivity contribution in [3.63, 3.8) is 0 Å². The number of hydrogen-bond donors (Lipinski definition) is 1. The highest BCUT2D eigenvalue weighted by Crippen LogP contribution is 2.31. The Kier molecular flexibility index (Phi) is 5.25. The van der Waals surface area contributed by atoms with Gasteiger partial charge in [0.05, 0.1) is 12.5 Å². The van der Waals surface area contributed by atoms with E-state index in [0.717, 1.165) is 30.2 Å². The molecule has 3 aromatic rings. The minimum Gasteiger partial charge on any atom is -0.352 e. The molecule has 0 spiro atoms. The number of imidazole rings is 1. The highest BCUT2D eigenvalue weighted by Gasteiger charge is 2.22. The zero-order chi connectivity index (χ0) is 19.5. The first kappa shape index (κ1) is 18.4. The van der Waals surface area contributed by atoms with Crippen molar-refractivity contribution in [2.75, 3.05) is 4.90 Å². The molecule has 0 saturated carbocycles. The Bertz CT molecular complexity index is 1000. The molecule has 0 saturated heterocycles. The van der Waals surface area contributed by atoms with Crippen LogP contribution in [0.1, 0.15) is 28.8 Å². The summed E-state index contributed by atoms with van der Waals surface area (Å²) in [5.74, 6) is 0.786.